The molecule has 98 valence electrons. The van der Waals surface area contributed by atoms with Crippen LogP contribution in [0.2, 0.25) is 0 Å². The Morgan fingerprint density at radius 1 is 1.11 bits per heavy atom. The molecule has 1 N–H and O–H groups in total. The van der Waals surface area contributed by atoms with Crippen LogP contribution in [0.4, 0.5) is 10.1 Å². The second-order valence-corrected chi connectivity index (χ2v) is 4.02. The maximum atomic E-state index is 12.9. The lowest BCUT2D eigenvalue weighted by Gasteiger charge is -2.18. The summed E-state index contributed by atoms with van der Waals surface area (Å²) in [6.45, 7) is 0. The predicted octanol–water partition coefficient (Wildman–Crippen LogP) is 3.15. The van der Waals surface area contributed by atoms with Gasteiger partial charge in [0.25, 0.3) is 0 Å². The molecule has 0 aliphatic rings. The van der Waals surface area contributed by atoms with Crippen molar-refractivity contribution in [1.82, 2.24) is 0 Å². The molecule has 3 nitrogen and oxygen atoms in total. The van der Waals surface area contributed by atoms with Crippen molar-refractivity contribution in [2.24, 2.45) is 0 Å². The lowest BCUT2D eigenvalue weighted by molar-refractivity contribution is -0.141. The standard InChI is InChI=1S/C15H14FNO2/c1-19-15(18)14(11-7-9-12(16)10-8-11)17-13-5-3-2-4-6-13/h2-10,14,17H,1H3. The first-order valence-corrected chi connectivity index (χ1v) is 5.85. The quantitative estimate of drug-likeness (QED) is 0.857. The SMILES string of the molecule is COC(=O)C(Nc1ccccc1)c1ccc(F)cc1. The topological polar surface area (TPSA) is 38.3 Å². The van der Waals surface area contributed by atoms with Gasteiger partial charge in [0, 0.05) is 5.69 Å². The summed E-state index contributed by atoms with van der Waals surface area (Å²) in [5.74, 6) is -0.762. The first-order valence-electron chi connectivity index (χ1n) is 5.85. The Morgan fingerprint density at radius 2 is 1.74 bits per heavy atom. The van der Waals surface area contributed by atoms with Crippen LogP contribution in [-0.4, -0.2) is 13.1 Å². The van der Waals surface area contributed by atoms with Gasteiger partial charge in [-0.25, -0.2) is 9.18 Å². The van der Waals surface area contributed by atoms with E-state index in [0.29, 0.717) is 5.56 Å². The van der Waals surface area contributed by atoms with Crippen molar-refractivity contribution in [3.63, 3.8) is 0 Å². The van der Waals surface area contributed by atoms with Gasteiger partial charge in [0.2, 0.25) is 0 Å². The molecule has 0 saturated carbocycles. The molecule has 0 aliphatic carbocycles. The highest BCUT2D eigenvalue weighted by Gasteiger charge is 2.21. The number of halogens is 1. The molecule has 2 aromatic carbocycles. The highest BCUT2D eigenvalue weighted by atomic mass is 19.1. The lowest BCUT2D eigenvalue weighted by Crippen LogP contribution is -2.22. The zero-order chi connectivity index (χ0) is 13.7. The molecule has 0 fully saturated rings. The van der Waals surface area contributed by atoms with E-state index < -0.39 is 12.0 Å². The first-order chi connectivity index (χ1) is 9.20. The Labute approximate surface area is 111 Å². The normalized spacial score (nSPS) is 11.7. The van der Waals surface area contributed by atoms with Crippen LogP contribution in [0.5, 0.6) is 0 Å². The Bertz CT molecular complexity index is 540. The fraction of sp³-hybridized carbons (Fsp3) is 0.133. The van der Waals surface area contributed by atoms with Gasteiger partial charge in [-0.3, -0.25) is 0 Å². The van der Waals surface area contributed by atoms with E-state index in [1.54, 1.807) is 12.1 Å². The molecule has 2 rings (SSSR count). The van der Waals surface area contributed by atoms with Crippen molar-refractivity contribution >= 4 is 11.7 Å². The summed E-state index contributed by atoms with van der Waals surface area (Å²) < 4.78 is 17.7. The summed E-state index contributed by atoms with van der Waals surface area (Å²) >= 11 is 0. The third-order valence-electron chi connectivity index (χ3n) is 2.73. The van der Waals surface area contributed by atoms with Gasteiger partial charge < -0.3 is 10.1 Å². The minimum atomic E-state index is -0.659. The fourth-order valence-corrected chi connectivity index (χ4v) is 1.75. The molecule has 0 aliphatic heterocycles. The molecular formula is C15H14FNO2. The Balaban J connectivity index is 2.26. The fourth-order valence-electron chi connectivity index (χ4n) is 1.75. The maximum absolute atomic E-state index is 12.9. The van der Waals surface area contributed by atoms with Crippen LogP contribution < -0.4 is 5.32 Å². The summed E-state index contributed by atoms with van der Waals surface area (Å²) in [5, 5.41) is 3.07. The van der Waals surface area contributed by atoms with Gasteiger partial charge in [-0.15, -0.1) is 0 Å². The summed E-state index contributed by atoms with van der Waals surface area (Å²) in [7, 11) is 1.32. The second-order valence-electron chi connectivity index (χ2n) is 4.02. The number of nitrogens with one attached hydrogen (secondary N) is 1. The molecule has 1 unspecified atom stereocenters. The zero-order valence-electron chi connectivity index (χ0n) is 10.5. The zero-order valence-corrected chi connectivity index (χ0v) is 10.5. The van der Waals surface area contributed by atoms with Crippen molar-refractivity contribution in [1.29, 1.82) is 0 Å². The molecular weight excluding hydrogens is 245 g/mol. The van der Waals surface area contributed by atoms with Gasteiger partial charge in [-0.05, 0) is 29.8 Å². The molecule has 0 amide bonds. The van der Waals surface area contributed by atoms with E-state index in [0.717, 1.165) is 5.69 Å². The van der Waals surface area contributed by atoms with Crippen LogP contribution in [0.3, 0.4) is 0 Å². The van der Waals surface area contributed by atoms with Gasteiger partial charge >= 0.3 is 5.97 Å². The number of carbonyl (C=O) groups is 1. The number of methoxy groups -OCH3 is 1. The second kappa shape index (κ2) is 6.00. The first kappa shape index (κ1) is 13.1. The Hall–Kier alpha value is -2.36. The largest absolute Gasteiger partial charge is 0.467 e. The van der Waals surface area contributed by atoms with Crippen LogP contribution in [0.1, 0.15) is 11.6 Å². The predicted molar refractivity (Wildman–Crippen MR) is 71.2 cm³/mol. The highest BCUT2D eigenvalue weighted by molar-refractivity contribution is 5.81. The van der Waals surface area contributed by atoms with Gasteiger partial charge in [0.1, 0.15) is 5.82 Å². The van der Waals surface area contributed by atoms with Crippen molar-refractivity contribution in [3.05, 3.63) is 66.0 Å². The third kappa shape index (κ3) is 3.31. The number of carbonyl (C=O) groups excluding carboxylic acids is 1. The number of rotatable bonds is 4. The van der Waals surface area contributed by atoms with Gasteiger partial charge in [-0.1, -0.05) is 30.3 Å². The van der Waals surface area contributed by atoms with E-state index in [-0.39, 0.29) is 5.82 Å². The van der Waals surface area contributed by atoms with E-state index in [9.17, 15) is 9.18 Å². The van der Waals surface area contributed by atoms with E-state index in [1.807, 2.05) is 30.3 Å². The van der Waals surface area contributed by atoms with E-state index >= 15 is 0 Å². The van der Waals surface area contributed by atoms with Gasteiger partial charge in [-0.2, -0.15) is 0 Å². The molecule has 0 spiro atoms. The Kier molecular flexibility index (Phi) is 4.13. The minimum absolute atomic E-state index is 0.341. The van der Waals surface area contributed by atoms with Crippen molar-refractivity contribution in [2.45, 2.75) is 6.04 Å². The highest BCUT2D eigenvalue weighted by Crippen LogP contribution is 2.21. The third-order valence-corrected chi connectivity index (χ3v) is 2.73. The van der Waals surface area contributed by atoms with Crippen molar-refractivity contribution < 1.29 is 13.9 Å². The molecule has 0 bridgehead atoms. The van der Waals surface area contributed by atoms with Crippen molar-refractivity contribution in [2.75, 3.05) is 12.4 Å². The smallest absolute Gasteiger partial charge is 0.332 e. The lowest BCUT2D eigenvalue weighted by atomic mass is 10.1. The molecule has 4 heteroatoms. The molecule has 2 aromatic rings. The number of esters is 1. The van der Waals surface area contributed by atoms with Crippen LogP contribution >= 0.6 is 0 Å². The average molecular weight is 259 g/mol. The maximum Gasteiger partial charge on any atom is 0.332 e. The summed E-state index contributed by atoms with van der Waals surface area (Å²) in [6, 6.07) is 14.4. The average Bonchev–Trinajstić information content (AvgIpc) is 2.46. The Morgan fingerprint density at radius 3 is 2.32 bits per heavy atom. The van der Waals surface area contributed by atoms with Gasteiger partial charge in [0.05, 0.1) is 7.11 Å². The summed E-state index contributed by atoms with van der Waals surface area (Å²) in [5.41, 5.74) is 1.44. The monoisotopic (exact) mass is 259 g/mol. The summed E-state index contributed by atoms with van der Waals surface area (Å²) in [4.78, 5) is 11.8. The summed E-state index contributed by atoms with van der Waals surface area (Å²) in [6.07, 6.45) is 0. The number of benzene rings is 2. The number of anilines is 1. The minimum Gasteiger partial charge on any atom is -0.467 e. The van der Waals surface area contributed by atoms with Crippen LogP contribution in [0.25, 0.3) is 0 Å². The number of para-hydroxylation sites is 1. The van der Waals surface area contributed by atoms with Crippen molar-refractivity contribution in [3.8, 4) is 0 Å². The molecule has 0 aromatic heterocycles. The number of ether oxygens (including phenoxy) is 1. The molecule has 0 heterocycles. The van der Waals surface area contributed by atoms with Crippen LogP contribution in [0, 0.1) is 5.82 Å². The number of hydrogen-bond donors (Lipinski definition) is 1. The molecule has 1 atom stereocenters. The van der Waals surface area contributed by atoms with E-state index in [4.69, 9.17) is 4.74 Å². The molecule has 0 saturated heterocycles. The molecule has 19 heavy (non-hydrogen) atoms. The number of hydrogen-bond acceptors (Lipinski definition) is 3. The van der Waals surface area contributed by atoms with E-state index in [2.05, 4.69) is 5.32 Å². The van der Waals surface area contributed by atoms with Crippen LogP contribution in [0.15, 0.2) is 54.6 Å². The van der Waals surface area contributed by atoms with E-state index in [1.165, 1.54) is 19.2 Å². The van der Waals surface area contributed by atoms with Gasteiger partial charge in [0.15, 0.2) is 6.04 Å². The molecule has 0 radical (unpaired) electrons. The van der Waals surface area contributed by atoms with Crippen LogP contribution in [-0.2, 0) is 9.53 Å².